The molecule has 1 atom stereocenters. The number of nitrogens with one attached hydrogen (secondary N) is 1. The van der Waals surface area contributed by atoms with E-state index >= 15 is 0 Å². The molecule has 0 saturated carbocycles. The first-order valence-electron chi connectivity index (χ1n) is 9.34. The van der Waals surface area contributed by atoms with E-state index < -0.39 is 29.4 Å². The number of nitrogens with zero attached hydrogens (tertiary/aromatic N) is 3. The van der Waals surface area contributed by atoms with Crippen LogP contribution in [0.25, 0.3) is 11.0 Å². The SMILES string of the molecule is C[C@H](C(=O)NCCCN1CCCC1=O)n1c(=O)c(C(F)(F)F)nc2ccccc21. The van der Waals surface area contributed by atoms with Gasteiger partial charge in [-0.1, -0.05) is 12.1 Å². The summed E-state index contributed by atoms with van der Waals surface area (Å²) in [5, 5.41) is 2.63. The van der Waals surface area contributed by atoms with Crippen molar-refractivity contribution < 1.29 is 22.8 Å². The number of likely N-dealkylation sites (tertiary alicyclic amines) is 1. The lowest BCUT2D eigenvalue weighted by molar-refractivity contribution is -0.142. The van der Waals surface area contributed by atoms with Crippen LogP contribution in [-0.4, -0.2) is 45.9 Å². The summed E-state index contributed by atoms with van der Waals surface area (Å²) in [6.07, 6.45) is -3.06. The maximum atomic E-state index is 13.2. The van der Waals surface area contributed by atoms with Gasteiger partial charge in [-0.25, -0.2) is 4.98 Å². The molecule has 1 N–H and O–H groups in total. The van der Waals surface area contributed by atoms with Gasteiger partial charge in [-0.2, -0.15) is 13.2 Å². The molecule has 2 amide bonds. The molecule has 1 saturated heterocycles. The minimum absolute atomic E-state index is 0.0216. The van der Waals surface area contributed by atoms with E-state index in [9.17, 15) is 27.6 Å². The smallest absolute Gasteiger partial charge is 0.354 e. The molecule has 1 aromatic heterocycles. The van der Waals surface area contributed by atoms with E-state index in [2.05, 4.69) is 10.3 Å². The molecule has 0 aliphatic carbocycles. The number of carbonyl (C=O) groups is 2. The molecule has 2 aromatic rings. The van der Waals surface area contributed by atoms with E-state index in [1.54, 1.807) is 11.0 Å². The fourth-order valence-corrected chi connectivity index (χ4v) is 3.41. The highest BCUT2D eigenvalue weighted by molar-refractivity contribution is 5.83. The van der Waals surface area contributed by atoms with Gasteiger partial charge in [0.05, 0.1) is 11.0 Å². The highest BCUT2D eigenvalue weighted by Crippen LogP contribution is 2.27. The Morgan fingerprint density at radius 1 is 1.28 bits per heavy atom. The molecule has 0 bridgehead atoms. The third-order valence-corrected chi connectivity index (χ3v) is 4.91. The number of aromatic nitrogens is 2. The fraction of sp³-hybridized carbons (Fsp3) is 0.474. The van der Waals surface area contributed by atoms with Crippen LogP contribution in [0, 0.1) is 0 Å². The predicted molar refractivity (Wildman–Crippen MR) is 99.2 cm³/mol. The molecular weight excluding hydrogens is 389 g/mol. The van der Waals surface area contributed by atoms with E-state index in [-0.39, 0.29) is 23.5 Å². The Morgan fingerprint density at radius 3 is 2.66 bits per heavy atom. The van der Waals surface area contributed by atoms with Gasteiger partial charge in [-0.3, -0.25) is 19.0 Å². The molecule has 1 aliphatic rings. The van der Waals surface area contributed by atoms with Crippen molar-refractivity contribution >= 4 is 22.8 Å². The summed E-state index contributed by atoms with van der Waals surface area (Å²) in [5.74, 6) is -0.497. The Bertz CT molecular complexity index is 987. The van der Waals surface area contributed by atoms with Crippen LogP contribution in [0.5, 0.6) is 0 Å². The maximum Gasteiger partial charge on any atom is 0.438 e. The summed E-state index contributed by atoms with van der Waals surface area (Å²) in [6.45, 7) is 2.82. The molecule has 2 heterocycles. The molecule has 1 aromatic carbocycles. The number of halogens is 3. The zero-order chi connectivity index (χ0) is 21.2. The summed E-state index contributed by atoms with van der Waals surface area (Å²) in [4.78, 5) is 41.7. The lowest BCUT2D eigenvalue weighted by Crippen LogP contribution is -2.39. The number of alkyl halides is 3. The van der Waals surface area contributed by atoms with E-state index in [0.717, 1.165) is 11.0 Å². The molecule has 0 spiro atoms. The minimum atomic E-state index is -4.93. The zero-order valence-corrected chi connectivity index (χ0v) is 15.8. The predicted octanol–water partition coefficient (Wildman–Crippen LogP) is 2.10. The van der Waals surface area contributed by atoms with Crippen molar-refractivity contribution in [3.05, 3.63) is 40.3 Å². The first-order chi connectivity index (χ1) is 13.7. The van der Waals surface area contributed by atoms with Crippen molar-refractivity contribution in [3.8, 4) is 0 Å². The molecule has 29 heavy (non-hydrogen) atoms. The van der Waals surface area contributed by atoms with Crippen molar-refractivity contribution in [1.29, 1.82) is 0 Å². The van der Waals surface area contributed by atoms with Gasteiger partial charge in [0.15, 0.2) is 0 Å². The van der Waals surface area contributed by atoms with E-state index in [1.165, 1.54) is 25.1 Å². The number of hydrogen-bond donors (Lipinski definition) is 1. The van der Waals surface area contributed by atoms with Gasteiger partial charge in [-0.05, 0) is 31.9 Å². The quantitative estimate of drug-likeness (QED) is 0.740. The second-order valence-corrected chi connectivity index (χ2v) is 6.93. The largest absolute Gasteiger partial charge is 0.438 e. The van der Waals surface area contributed by atoms with Crippen molar-refractivity contribution in [2.75, 3.05) is 19.6 Å². The van der Waals surface area contributed by atoms with Crippen LogP contribution in [0.2, 0.25) is 0 Å². The molecular formula is C19H21F3N4O3. The van der Waals surface area contributed by atoms with E-state index in [1.807, 2.05) is 0 Å². The molecule has 0 radical (unpaired) electrons. The van der Waals surface area contributed by atoms with Crippen LogP contribution in [0.15, 0.2) is 29.1 Å². The fourth-order valence-electron chi connectivity index (χ4n) is 3.41. The van der Waals surface area contributed by atoms with Gasteiger partial charge >= 0.3 is 6.18 Å². The topological polar surface area (TPSA) is 84.3 Å². The number of amides is 2. The first-order valence-corrected chi connectivity index (χ1v) is 9.34. The summed E-state index contributed by atoms with van der Waals surface area (Å²) < 4.78 is 40.5. The van der Waals surface area contributed by atoms with Crippen molar-refractivity contribution in [3.63, 3.8) is 0 Å². The van der Waals surface area contributed by atoms with Crippen LogP contribution in [0.4, 0.5) is 13.2 Å². The zero-order valence-electron chi connectivity index (χ0n) is 15.8. The molecule has 10 heteroatoms. The number of para-hydroxylation sites is 2. The van der Waals surface area contributed by atoms with Gasteiger partial charge < -0.3 is 10.2 Å². The Kier molecular flexibility index (Phi) is 5.90. The van der Waals surface area contributed by atoms with E-state index in [4.69, 9.17) is 0 Å². The highest BCUT2D eigenvalue weighted by atomic mass is 19.4. The van der Waals surface area contributed by atoms with Gasteiger partial charge in [0.2, 0.25) is 17.5 Å². The maximum absolute atomic E-state index is 13.2. The minimum Gasteiger partial charge on any atom is -0.354 e. The number of benzene rings is 1. The highest BCUT2D eigenvalue weighted by Gasteiger charge is 2.38. The summed E-state index contributed by atoms with van der Waals surface area (Å²) in [5.41, 5.74) is -2.78. The summed E-state index contributed by atoms with van der Waals surface area (Å²) in [6, 6.07) is 4.72. The van der Waals surface area contributed by atoms with Crippen LogP contribution in [0.1, 0.15) is 37.9 Å². The third kappa shape index (κ3) is 4.41. The van der Waals surface area contributed by atoms with Gasteiger partial charge in [-0.15, -0.1) is 0 Å². The van der Waals surface area contributed by atoms with Gasteiger partial charge in [0.1, 0.15) is 6.04 Å². The van der Waals surface area contributed by atoms with Crippen LogP contribution in [-0.2, 0) is 15.8 Å². The molecule has 0 unspecified atom stereocenters. The van der Waals surface area contributed by atoms with Crippen molar-refractivity contribution in [1.82, 2.24) is 19.8 Å². The average Bonchev–Trinajstić information content (AvgIpc) is 3.08. The van der Waals surface area contributed by atoms with Crippen LogP contribution in [0.3, 0.4) is 0 Å². The molecule has 1 fully saturated rings. The van der Waals surface area contributed by atoms with Crippen LogP contribution < -0.4 is 10.9 Å². The lowest BCUT2D eigenvalue weighted by Gasteiger charge is -2.20. The Labute approximate surface area is 164 Å². The van der Waals surface area contributed by atoms with Gasteiger partial charge in [0, 0.05) is 26.1 Å². The second kappa shape index (κ2) is 8.22. The van der Waals surface area contributed by atoms with Crippen LogP contribution >= 0.6 is 0 Å². The molecule has 7 nitrogen and oxygen atoms in total. The molecule has 3 rings (SSSR count). The number of rotatable bonds is 6. The standard InChI is InChI=1S/C19H21F3N4O3/c1-12(17(28)23-9-5-11-25-10-4-8-15(25)27)26-14-7-3-2-6-13(14)24-16(18(26)29)19(20,21)22/h2-3,6-7,12H,4-5,8-11H2,1H3,(H,23,28)/t12-/m1/s1. The van der Waals surface area contributed by atoms with E-state index in [0.29, 0.717) is 25.9 Å². The van der Waals surface area contributed by atoms with Gasteiger partial charge in [0.25, 0.3) is 5.56 Å². The Hall–Kier alpha value is -2.91. The summed E-state index contributed by atoms with van der Waals surface area (Å²) in [7, 11) is 0. The van der Waals surface area contributed by atoms with Crippen molar-refractivity contribution in [2.45, 2.75) is 38.4 Å². The Balaban J connectivity index is 1.78. The monoisotopic (exact) mass is 410 g/mol. The normalized spacial score (nSPS) is 15.7. The lowest BCUT2D eigenvalue weighted by atomic mass is 10.2. The molecule has 156 valence electrons. The number of carbonyl (C=O) groups excluding carboxylic acids is 2. The Morgan fingerprint density at radius 2 is 2.00 bits per heavy atom. The third-order valence-electron chi connectivity index (χ3n) is 4.91. The second-order valence-electron chi connectivity index (χ2n) is 6.93. The number of hydrogen-bond acceptors (Lipinski definition) is 4. The van der Waals surface area contributed by atoms with Crippen molar-refractivity contribution in [2.24, 2.45) is 0 Å². The number of fused-ring (bicyclic) bond motifs is 1. The average molecular weight is 410 g/mol. The molecule has 1 aliphatic heterocycles. The summed E-state index contributed by atoms with van der Waals surface area (Å²) >= 11 is 0. The first kappa shape index (κ1) is 20.8.